The molecule has 0 atom stereocenters. The number of carbonyl (C=O) groups excluding carboxylic acids is 1. The Bertz CT molecular complexity index is 1480. The summed E-state index contributed by atoms with van der Waals surface area (Å²) in [4.78, 5) is 22.5. The molecule has 12 heteroatoms. The Morgan fingerprint density at radius 1 is 1.10 bits per heavy atom. The molecule has 0 bridgehead atoms. The fraction of sp³-hybridized carbons (Fsp3) is 0.296. The number of nitrogens with one attached hydrogen (secondary N) is 1. The number of ether oxygens (including phenoxy) is 2. The van der Waals surface area contributed by atoms with Crippen molar-refractivity contribution < 1.29 is 27.4 Å². The van der Waals surface area contributed by atoms with Gasteiger partial charge in [0, 0.05) is 32.0 Å². The molecule has 39 heavy (non-hydrogen) atoms. The second kappa shape index (κ2) is 11.0. The molecule has 8 nitrogen and oxygen atoms in total. The maximum Gasteiger partial charge on any atom is 0.416 e. The Balaban J connectivity index is 1.50. The summed E-state index contributed by atoms with van der Waals surface area (Å²) in [6.07, 6.45) is -1.63. The van der Waals surface area contributed by atoms with Gasteiger partial charge in [-0.2, -0.15) is 13.2 Å². The van der Waals surface area contributed by atoms with Crippen LogP contribution in [0.4, 0.5) is 29.5 Å². The molecule has 0 aliphatic carbocycles. The number of aromatic nitrogens is 3. The molecule has 4 rings (SSSR count). The van der Waals surface area contributed by atoms with E-state index in [1.165, 1.54) is 23.4 Å². The van der Waals surface area contributed by atoms with E-state index >= 15 is 0 Å². The molecule has 2 heterocycles. The van der Waals surface area contributed by atoms with Gasteiger partial charge in [-0.25, -0.2) is 14.8 Å². The first kappa shape index (κ1) is 28.0. The fourth-order valence-electron chi connectivity index (χ4n) is 3.66. The van der Waals surface area contributed by atoms with Gasteiger partial charge in [-0.3, -0.25) is 0 Å². The Morgan fingerprint density at radius 2 is 1.87 bits per heavy atom. The van der Waals surface area contributed by atoms with E-state index in [0.717, 1.165) is 17.6 Å². The van der Waals surface area contributed by atoms with Crippen LogP contribution in [0, 0.1) is 0 Å². The third-order valence-electron chi connectivity index (χ3n) is 5.52. The molecule has 2 aromatic heterocycles. The number of amides is 1. The summed E-state index contributed by atoms with van der Waals surface area (Å²) in [5.41, 5.74) is 0.585. The minimum absolute atomic E-state index is 0.0131. The standard InChI is InChI=1S/C27H27ClF3N5O3/c1-26(2,3)39-25(37)35(4)12-13-36-11-10-21-23(36)24(33-16-32-21)34-18-8-9-22(20(28)15-18)38-19-7-5-6-17(14-19)27(29,30)31/h5-11,14-16H,12-13H2,1-4H3,(H,32,33,34). The summed E-state index contributed by atoms with van der Waals surface area (Å²) < 4.78 is 52.0. The zero-order valence-electron chi connectivity index (χ0n) is 21.7. The lowest BCUT2D eigenvalue weighted by atomic mass is 10.2. The van der Waals surface area contributed by atoms with Gasteiger partial charge in [0.1, 0.15) is 28.9 Å². The lowest BCUT2D eigenvalue weighted by Gasteiger charge is -2.24. The third kappa shape index (κ3) is 7.11. The highest BCUT2D eigenvalue weighted by Gasteiger charge is 2.30. The van der Waals surface area contributed by atoms with Crippen LogP contribution in [-0.2, 0) is 17.5 Å². The van der Waals surface area contributed by atoms with Crippen LogP contribution in [0.2, 0.25) is 5.02 Å². The van der Waals surface area contributed by atoms with Crippen molar-refractivity contribution in [2.75, 3.05) is 18.9 Å². The largest absolute Gasteiger partial charge is 0.456 e. The number of carbonyl (C=O) groups is 1. The van der Waals surface area contributed by atoms with Crippen LogP contribution in [0.15, 0.2) is 61.1 Å². The lowest BCUT2D eigenvalue weighted by molar-refractivity contribution is -0.137. The summed E-state index contributed by atoms with van der Waals surface area (Å²) >= 11 is 6.39. The topological polar surface area (TPSA) is 81.5 Å². The van der Waals surface area contributed by atoms with Crippen molar-refractivity contribution >= 4 is 40.2 Å². The highest BCUT2D eigenvalue weighted by molar-refractivity contribution is 6.32. The molecule has 2 aromatic carbocycles. The van der Waals surface area contributed by atoms with E-state index in [4.69, 9.17) is 21.1 Å². The maximum absolute atomic E-state index is 13.0. The van der Waals surface area contributed by atoms with Crippen LogP contribution >= 0.6 is 11.6 Å². The molecule has 0 saturated carbocycles. The molecule has 0 fully saturated rings. The van der Waals surface area contributed by atoms with Gasteiger partial charge in [0.05, 0.1) is 16.1 Å². The number of halogens is 4. The van der Waals surface area contributed by atoms with Crippen LogP contribution in [0.1, 0.15) is 26.3 Å². The SMILES string of the molecule is CN(CCn1ccc2ncnc(Nc3ccc(Oc4cccc(C(F)(F)F)c4)c(Cl)c3)c21)C(=O)OC(C)(C)C. The minimum Gasteiger partial charge on any atom is -0.456 e. The van der Waals surface area contributed by atoms with Crippen molar-refractivity contribution in [1.29, 1.82) is 0 Å². The summed E-state index contributed by atoms with van der Waals surface area (Å²) in [6, 6.07) is 11.2. The zero-order valence-corrected chi connectivity index (χ0v) is 22.5. The Morgan fingerprint density at radius 3 is 2.56 bits per heavy atom. The van der Waals surface area contributed by atoms with Crippen LogP contribution in [-0.4, -0.2) is 44.7 Å². The highest BCUT2D eigenvalue weighted by Crippen LogP contribution is 2.36. The first-order chi connectivity index (χ1) is 18.3. The highest BCUT2D eigenvalue weighted by atomic mass is 35.5. The van der Waals surface area contributed by atoms with Crippen molar-refractivity contribution in [3.63, 3.8) is 0 Å². The molecular formula is C27H27ClF3N5O3. The number of hydrogen-bond acceptors (Lipinski definition) is 6. The van der Waals surface area contributed by atoms with E-state index in [9.17, 15) is 18.0 Å². The van der Waals surface area contributed by atoms with Crippen molar-refractivity contribution in [2.45, 2.75) is 39.1 Å². The Hall–Kier alpha value is -3.99. The first-order valence-electron chi connectivity index (χ1n) is 12.0. The van der Waals surface area contributed by atoms with Gasteiger partial charge >= 0.3 is 12.3 Å². The van der Waals surface area contributed by atoms with Gasteiger partial charge in [0.15, 0.2) is 5.82 Å². The quantitative estimate of drug-likeness (QED) is 0.251. The van der Waals surface area contributed by atoms with E-state index in [2.05, 4.69) is 15.3 Å². The molecule has 0 aliphatic heterocycles. The molecule has 0 radical (unpaired) electrons. The number of hydrogen-bond donors (Lipinski definition) is 1. The first-order valence-corrected chi connectivity index (χ1v) is 12.3. The van der Waals surface area contributed by atoms with E-state index in [1.807, 2.05) is 37.6 Å². The van der Waals surface area contributed by atoms with Crippen LogP contribution in [0.5, 0.6) is 11.5 Å². The molecule has 0 unspecified atom stereocenters. The molecule has 0 aliphatic rings. The molecule has 4 aromatic rings. The average molecular weight is 562 g/mol. The number of anilines is 2. The number of alkyl halides is 3. The van der Waals surface area contributed by atoms with Crippen LogP contribution in [0.3, 0.4) is 0 Å². The van der Waals surface area contributed by atoms with Crippen LogP contribution in [0.25, 0.3) is 11.0 Å². The van der Waals surface area contributed by atoms with Gasteiger partial charge in [0.2, 0.25) is 0 Å². The van der Waals surface area contributed by atoms with Crippen molar-refractivity contribution in [3.8, 4) is 11.5 Å². The van der Waals surface area contributed by atoms with Crippen molar-refractivity contribution in [2.24, 2.45) is 0 Å². The van der Waals surface area contributed by atoms with Crippen LogP contribution < -0.4 is 10.1 Å². The number of fused-ring (bicyclic) bond motifs is 1. The number of benzene rings is 2. The minimum atomic E-state index is -4.48. The second-order valence-corrected chi connectivity index (χ2v) is 10.2. The molecule has 0 saturated heterocycles. The zero-order chi connectivity index (χ0) is 28.4. The number of nitrogens with zero attached hydrogens (tertiary/aromatic N) is 4. The summed E-state index contributed by atoms with van der Waals surface area (Å²) in [5.74, 6) is 0.717. The van der Waals surface area contributed by atoms with E-state index < -0.39 is 23.4 Å². The predicted molar refractivity (Wildman–Crippen MR) is 143 cm³/mol. The van der Waals surface area contributed by atoms with Gasteiger partial charge < -0.3 is 24.3 Å². The Kier molecular flexibility index (Phi) is 7.91. The number of likely N-dealkylation sites (N-methyl/N-ethyl adjacent to an activating group) is 1. The summed E-state index contributed by atoms with van der Waals surface area (Å²) in [6.45, 7) is 6.28. The fourth-order valence-corrected chi connectivity index (χ4v) is 3.88. The predicted octanol–water partition coefficient (Wildman–Crippen LogP) is 7.51. The van der Waals surface area contributed by atoms with Crippen molar-refractivity contribution in [1.82, 2.24) is 19.4 Å². The average Bonchev–Trinajstić information content (AvgIpc) is 3.27. The monoisotopic (exact) mass is 561 g/mol. The third-order valence-corrected chi connectivity index (χ3v) is 5.81. The van der Waals surface area contributed by atoms with E-state index in [-0.39, 0.29) is 16.5 Å². The van der Waals surface area contributed by atoms with Gasteiger partial charge in [-0.05, 0) is 63.2 Å². The molecule has 0 spiro atoms. The number of rotatable bonds is 7. The summed E-state index contributed by atoms with van der Waals surface area (Å²) in [5, 5.41) is 3.40. The molecule has 206 valence electrons. The maximum atomic E-state index is 13.0. The van der Waals surface area contributed by atoms with E-state index in [1.54, 1.807) is 25.2 Å². The van der Waals surface area contributed by atoms with Gasteiger partial charge in [-0.1, -0.05) is 17.7 Å². The second-order valence-electron chi connectivity index (χ2n) is 9.77. The molecular weight excluding hydrogens is 535 g/mol. The molecule has 1 amide bonds. The van der Waals surface area contributed by atoms with Crippen molar-refractivity contribution in [3.05, 3.63) is 71.6 Å². The smallest absolute Gasteiger partial charge is 0.416 e. The summed E-state index contributed by atoms with van der Waals surface area (Å²) in [7, 11) is 1.67. The van der Waals surface area contributed by atoms with Gasteiger partial charge in [0.25, 0.3) is 0 Å². The Labute approximate surface area is 228 Å². The normalized spacial score (nSPS) is 11.9. The molecule has 1 N–H and O–H groups in total. The lowest BCUT2D eigenvalue weighted by Crippen LogP contribution is -2.35. The van der Waals surface area contributed by atoms with E-state index in [0.29, 0.717) is 30.1 Å². The van der Waals surface area contributed by atoms with Gasteiger partial charge in [-0.15, -0.1) is 0 Å².